The second kappa shape index (κ2) is 10.9. The van der Waals surface area contributed by atoms with E-state index in [1.54, 1.807) is 0 Å². The highest BCUT2D eigenvalue weighted by molar-refractivity contribution is 7.99. The maximum absolute atomic E-state index is 11.1. The van der Waals surface area contributed by atoms with Gasteiger partial charge in [0.15, 0.2) is 5.16 Å². The molecule has 1 heterocycles. The molecule has 0 bridgehead atoms. The average molecular weight is 379 g/mol. The van der Waals surface area contributed by atoms with Gasteiger partial charge in [-0.2, -0.15) is 15.0 Å². The van der Waals surface area contributed by atoms with Crippen LogP contribution in [0.3, 0.4) is 0 Å². The molecule has 0 aliphatic rings. The minimum atomic E-state index is -1.10. The Kier molecular flexibility index (Phi) is 10.0. The third-order valence-electron chi connectivity index (χ3n) is 2.42. The summed E-state index contributed by atoms with van der Waals surface area (Å²) in [5, 5.41) is 18.0. The van der Waals surface area contributed by atoms with E-state index in [0.29, 0.717) is 23.6 Å². The van der Waals surface area contributed by atoms with E-state index >= 15 is 0 Å². The molecule has 0 fully saturated rings. The summed E-state index contributed by atoms with van der Waals surface area (Å²) in [6, 6.07) is -0.853. The summed E-state index contributed by atoms with van der Waals surface area (Å²) in [6.07, 6.45) is 0. The van der Waals surface area contributed by atoms with E-state index in [1.165, 1.54) is 6.92 Å². The van der Waals surface area contributed by atoms with Gasteiger partial charge in [0.25, 0.3) is 0 Å². The molecule has 24 heavy (non-hydrogen) atoms. The van der Waals surface area contributed by atoms with Gasteiger partial charge in [-0.15, -0.1) is 12.4 Å². The second-order valence-electron chi connectivity index (χ2n) is 5.00. The summed E-state index contributed by atoms with van der Waals surface area (Å²) in [7, 11) is 0. The topological polar surface area (TPSA) is 129 Å². The van der Waals surface area contributed by atoms with Crippen LogP contribution in [0.4, 0.5) is 11.9 Å². The lowest BCUT2D eigenvalue weighted by atomic mass is 10.3. The molecule has 0 saturated carbocycles. The van der Waals surface area contributed by atoms with Gasteiger partial charge in [-0.1, -0.05) is 11.8 Å². The van der Waals surface area contributed by atoms with Gasteiger partial charge in [-0.25, -0.2) is 4.79 Å². The Balaban J connectivity index is 0.00000529. The predicted octanol–water partition coefficient (Wildman–Crippen LogP) is 1.23. The molecule has 1 aromatic heterocycles. The first-order valence-electron chi connectivity index (χ1n) is 7.21. The molecule has 1 amide bonds. The number of carboxylic acid groups (broad SMARTS) is 1. The Morgan fingerprint density at radius 2 is 1.83 bits per heavy atom. The highest BCUT2D eigenvalue weighted by Crippen LogP contribution is 2.18. The lowest BCUT2D eigenvalue weighted by Gasteiger charge is -2.14. The van der Waals surface area contributed by atoms with Gasteiger partial charge in [0.2, 0.25) is 17.8 Å². The number of nitrogens with zero attached hydrogens (tertiary/aromatic N) is 3. The van der Waals surface area contributed by atoms with Crippen LogP contribution in [0.2, 0.25) is 0 Å². The number of hydrogen-bond donors (Lipinski definition) is 4. The highest BCUT2D eigenvalue weighted by atomic mass is 35.5. The quantitative estimate of drug-likeness (QED) is 0.468. The van der Waals surface area contributed by atoms with Gasteiger partial charge in [-0.05, 0) is 20.8 Å². The fraction of sp³-hybridized carbons (Fsp3) is 0.615. The molecule has 1 rings (SSSR count). The van der Waals surface area contributed by atoms with Crippen LogP contribution in [0.25, 0.3) is 0 Å². The SMILES string of the molecule is CCNc1nc(NC(C)C)nc(SC[C@H](NC(C)=O)C(=O)O)n1.Cl. The van der Waals surface area contributed by atoms with Crippen LogP contribution in [-0.4, -0.2) is 56.3 Å². The van der Waals surface area contributed by atoms with E-state index in [1.807, 2.05) is 20.8 Å². The number of rotatable bonds is 9. The lowest BCUT2D eigenvalue weighted by Crippen LogP contribution is -2.41. The number of aliphatic carboxylic acids is 1. The molecule has 0 saturated heterocycles. The van der Waals surface area contributed by atoms with E-state index in [-0.39, 0.29) is 24.2 Å². The first kappa shape index (κ1) is 22.2. The summed E-state index contributed by atoms with van der Waals surface area (Å²) < 4.78 is 0. The number of nitrogens with one attached hydrogen (secondary N) is 3. The molecule has 136 valence electrons. The van der Waals surface area contributed by atoms with Crippen molar-refractivity contribution >= 4 is 47.9 Å². The minimum Gasteiger partial charge on any atom is -0.480 e. The van der Waals surface area contributed by atoms with Crippen LogP contribution in [0.15, 0.2) is 5.16 Å². The monoisotopic (exact) mass is 378 g/mol. The molecule has 9 nitrogen and oxygen atoms in total. The molecule has 4 N–H and O–H groups in total. The summed E-state index contributed by atoms with van der Waals surface area (Å²) in [5.41, 5.74) is 0. The molecule has 0 aliphatic heterocycles. The zero-order chi connectivity index (χ0) is 17.4. The van der Waals surface area contributed by atoms with E-state index in [2.05, 4.69) is 30.9 Å². The third kappa shape index (κ3) is 8.16. The lowest BCUT2D eigenvalue weighted by molar-refractivity contribution is -0.140. The zero-order valence-corrected chi connectivity index (χ0v) is 15.6. The van der Waals surface area contributed by atoms with Gasteiger partial charge in [0.05, 0.1) is 0 Å². The Morgan fingerprint density at radius 1 is 1.21 bits per heavy atom. The maximum Gasteiger partial charge on any atom is 0.327 e. The van der Waals surface area contributed by atoms with Gasteiger partial charge >= 0.3 is 5.97 Å². The first-order valence-corrected chi connectivity index (χ1v) is 8.19. The summed E-state index contributed by atoms with van der Waals surface area (Å²) in [5.74, 6) is -0.552. The Morgan fingerprint density at radius 3 is 2.33 bits per heavy atom. The number of halogens is 1. The predicted molar refractivity (Wildman–Crippen MR) is 96.0 cm³/mol. The first-order chi connectivity index (χ1) is 10.8. The molecule has 0 aliphatic carbocycles. The largest absolute Gasteiger partial charge is 0.480 e. The van der Waals surface area contributed by atoms with Crippen LogP contribution in [0.5, 0.6) is 0 Å². The summed E-state index contributed by atoms with van der Waals surface area (Å²) in [4.78, 5) is 34.9. The van der Waals surface area contributed by atoms with Crippen molar-refractivity contribution in [2.75, 3.05) is 22.9 Å². The van der Waals surface area contributed by atoms with Crippen LogP contribution < -0.4 is 16.0 Å². The van der Waals surface area contributed by atoms with Crippen molar-refractivity contribution in [3.63, 3.8) is 0 Å². The normalized spacial score (nSPS) is 11.4. The number of anilines is 2. The smallest absolute Gasteiger partial charge is 0.327 e. The van der Waals surface area contributed by atoms with Crippen LogP contribution in [0, 0.1) is 0 Å². The van der Waals surface area contributed by atoms with Crippen molar-refractivity contribution in [3.8, 4) is 0 Å². The number of carboxylic acids is 1. The second-order valence-corrected chi connectivity index (χ2v) is 5.98. The van der Waals surface area contributed by atoms with Crippen molar-refractivity contribution in [1.29, 1.82) is 0 Å². The highest BCUT2D eigenvalue weighted by Gasteiger charge is 2.19. The van der Waals surface area contributed by atoms with Crippen LogP contribution >= 0.6 is 24.2 Å². The number of hydrogen-bond acceptors (Lipinski definition) is 8. The molecule has 0 spiro atoms. The van der Waals surface area contributed by atoms with Crippen molar-refractivity contribution < 1.29 is 14.7 Å². The molecule has 0 unspecified atom stereocenters. The fourth-order valence-corrected chi connectivity index (χ4v) is 2.40. The van der Waals surface area contributed by atoms with E-state index in [4.69, 9.17) is 5.11 Å². The van der Waals surface area contributed by atoms with Gasteiger partial charge in [0, 0.05) is 25.3 Å². The molecule has 11 heteroatoms. The Hall–Kier alpha value is -1.81. The molecule has 1 atom stereocenters. The Labute approximate surface area is 151 Å². The van der Waals surface area contributed by atoms with Gasteiger partial charge in [-0.3, -0.25) is 4.79 Å². The molecular formula is C13H23ClN6O3S. The minimum absolute atomic E-state index is 0. The molecule has 0 aromatic carbocycles. The number of thioether (sulfide) groups is 1. The standard InChI is InChI=1S/C13H22N6O3S.ClH/c1-5-14-11-17-12(15-7(2)3)19-13(18-11)23-6-9(10(21)22)16-8(4)20;/h7,9H,5-6H2,1-4H3,(H,16,20)(H,21,22)(H2,14,15,17,18,19);1H/t9-;/m0./s1. The van der Waals surface area contributed by atoms with Crippen molar-refractivity contribution in [2.45, 2.75) is 44.9 Å². The summed E-state index contributed by atoms with van der Waals surface area (Å²) >= 11 is 1.14. The molecular weight excluding hydrogens is 356 g/mol. The van der Waals surface area contributed by atoms with Crippen LogP contribution in [-0.2, 0) is 9.59 Å². The third-order valence-corrected chi connectivity index (χ3v) is 3.36. The van der Waals surface area contributed by atoms with Gasteiger partial charge < -0.3 is 21.1 Å². The van der Waals surface area contributed by atoms with E-state index < -0.39 is 17.9 Å². The maximum atomic E-state index is 11.1. The number of carbonyl (C=O) groups is 2. The summed E-state index contributed by atoms with van der Waals surface area (Å²) in [6.45, 7) is 7.77. The van der Waals surface area contributed by atoms with E-state index in [0.717, 1.165) is 11.8 Å². The average Bonchev–Trinajstić information content (AvgIpc) is 2.42. The fourth-order valence-electron chi connectivity index (χ4n) is 1.56. The van der Waals surface area contributed by atoms with Crippen molar-refractivity contribution in [2.24, 2.45) is 0 Å². The number of carbonyl (C=O) groups excluding carboxylic acids is 1. The molecule has 0 radical (unpaired) electrons. The number of aromatic nitrogens is 3. The van der Waals surface area contributed by atoms with Crippen LogP contribution in [0.1, 0.15) is 27.7 Å². The molecule has 1 aromatic rings. The van der Waals surface area contributed by atoms with Gasteiger partial charge in [0.1, 0.15) is 6.04 Å². The number of amides is 1. The van der Waals surface area contributed by atoms with E-state index in [9.17, 15) is 9.59 Å². The zero-order valence-electron chi connectivity index (χ0n) is 14.0. The Bertz CT molecular complexity index is 561. The van der Waals surface area contributed by atoms with Crippen molar-refractivity contribution in [3.05, 3.63) is 0 Å². The van der Waals surface area contributed by atoms with Crippen molar-refractivity contribution in [1.82, 2.24) is 20.3 Å².